The summed E-state index contributed by atoms with van der Waals surface area (Å²) in [6.07, 6.45) is 2.30. The highest BCUT2D eigenvalue weighted by molar-refractivity contribution is 5.95. The second-order valence-corrected chi connectivity index (χ2v) is 8.74. The van der Waals surface area contributed by atoms with Crippen LogP contribution in [-0.2, 0) is 17.8 Å². The van der Waals surface area contributed by atoms with E-state index in [0.717, 1.165) is 17.7 Å². The SMILES string of the molecule is Cc1ncc(C(=O)NCc2cccc(C#N)c2)c(C2CCN(C(=O)Cc3c(F)cccc3F)CC2)n1. The summed E-state index contributed by atoms with van der Waals surface area (Å²) in [5.74, 6) is -1.65. The molecule has 0 radical (unpaired) electrons. The van der Waals surface area contributed by atoms with Gasteiger partial charge in [-0.25, -0.2) is 18.7 Å². The van der Waals surface area contributed by atoms with Crippen molar-refractivity contribution in [3.05, 3.63) is 94.1 Å². The average molecular weight is 490 g/mol. The summed E-state index contributed by atoms with van der Waals surface area (Å²) in [6, 6.07) is 12.6. The maximum Gasteiger partial charge on any atom is 0.254 e. The van der Waals surface area contributed by atoms with Crippen molar-refractivity contribution in [1.82, 2.24) is 20.2 Å². The van der Waals surface area contributed by atoms with Crippen LogP contribution in [0.2, 0.25) is 0 Å². The van der Waals surface area contributed by atoms with E-state index in [4.69, 9.17) is 5.26 Å². The van der Waals surface area contributed by atoms with Crippen LogP contribution in [0.25, 0.3) is 0 Å². The summed E-state index contributed by atoms with van der Waals surface area (Å²) in [5.41, 5.74) is 2.08. The van der Waals surface area contributed by atoms with Crippen molar-refractivity contribution in [3.8, 4) is 6.07 Å². The molecule has 4 rings (SSSR count). The lowest BCUT2D eigenvalue weighted by Gasteiger charge is -2.32. The minimum atomic E-state index is -0.732. The monoisotopic (exact) mass is 489 g/mol. The first-order valence-corrected chi connectivity index (χ1v) is 11.7. The number of carbonyl (C=O) groups excluding carboxylic acids is 2. The van der Waals surface area contributed by atoms with Gasteiger partial charge >= 0.3 is 0 Å². The van der Waals surface area contributed by atoms with Gasteiger partial charge in [0.1, 0.15) is 17.5 Å². The molecule has 1 aliphatic rings. The highest BCUT2D eigenvalue weighted by Crippen LogP contribution is 2.29. The number of carbonyl (C=O) groups is 2. The minimum absolute atomic E-state index is 0.0661. The van der Waals surface area contributed by atoms with Crippen LogP contribution in [0.5, 0.6) is 0 Å². The molecule has 2 heterocycles. The number of likely N-dealkylation sites (tertiary alicyclic amines) is 1. The van der Waals surface area contributed by atoms with E-state index in [2.05, 4.69) is 21.4 Å². The molecule has 0 unspecified atom stereocenters. The number of halogens is 2. The van der Waals surface area contributed by atoms with E-state index in [9.17, 15) is 18.4 Å². The molecule has 2 amide bonds. The third-order valence-corrected chi connectivity index (χ3v) is 6.32. The smallest absolute Gasteiger partial charge is 0.254 e. The molecule has 9 heteroatoms. The summed E-state index contributed by atoms with van der Waals surface area (Å²) >= 11 is 0. The Morgan fingerprint density at radius 2 is 1.83 bits per heavy atom. The van der Waals surface area contributed by atoms with E-state index in [0.29, 0.717) is 48.6 Å². The molecule has 0 atom stereocenters. The zero-order valence-electron chi connectivity index (χ0n) is 19.8. The van der Waals surface area contributed by atoms with Crippen molar-refractivity contribution in [2.24, 2.45) is 0 Å². The highest BCUT2D eigenvalue weighted by atomic mass is 19.1. The van der Waals surface area contributed by atoms with Gasteiger partial charge in [-0.1, -0.05) is 18.2 Å². The zero-order chi connectivity index (χ0) is 25.7. The number of piperidine rings is 1. The van der Waals surface area contributed by atoms with Gasteiger partial charge in [0, 0.05) is 37.3 Å². The van der Waals surface area contributed by atoms with E-state index in [1.165, 1.54) is 12.3 Å². The zero-order valence-corrected chi connectivity index (χ0v) is 19.8. The number of hydrogen-bond donors (Lipinski definition) is 1. The highest BCUT2D eigenvalue weighted by Gasteiger charge is 2.29. The Morgan fingerprint density at radius 1 is 1.14 bits per heavy atom. The van der Waals surface area contributed by atoms with Crippen molar-refractivity contribution < 1.29 is 18.4 Å². The normalized spacial score (nSPS) is 13.8. The van der Waals surface area contributed by atoms with Crippen LogP contribution in [0.1, 0.15) is 57.3 Å². The molecule has 0 bridgehead atoms. The molecule has 1 fully saturated rings. The number of amides is 2. The van der Waals surface area contributed by atoms with E-state index in [1.54, 1.807) is 30.0 Å². The number of rotatable bonds is 6. The fourth-order valence-corrected chi connectivity index (χ4v) is 4.37. The second-order valence-electron chi connectivity index (χ2n) is 8.74. The van der Waals surface area contributed by atoms with Crippen LogP contribution in [0.4, 0.5) is 8.78 Å². The molecule has 1 saturated heterocycles. The molecule has 1 aromatic heterocycles. The number of benzene rings is 2. The van der Waals surface area contributed by atoms with Gasteiger partial charge in [0.05, 0.1) is 29.3 Å². The molecular formula is C27H25F2N5O2. The van der Waals surface area contributed by atoms with Gasteiger partial charge in [-0.15, -0.1) is 0 Å². The van der Waals surface area contributed by atoms with Crippen LogP contribution < -0.4 is 5.32 Å². The first-order valence-electron chi connectivity index (χ1n) is 11.7. The molecule has 0 spiro atoms. The third-order valence-electron chi connectivity index (χ3n) is 6.32. The number of nitrogens with zero attached hydrogens (tertiary/aromatic N) is 4. The van der Waals surface area contributed by atoms with Gasteiger partial charge in [-0.2, -0.15) is 5.26 Å². The van der Waals surface area contributed by atoms with Crippen LogP contribution in [-0.4, -0.2) is 39.8 Å². The maximum absolute atomic E-state index is 14.0. The van der Waals surface area contributed by atoms with Crippen molar-refractivity contribution >= 4 is 11.8 Å². The lowest BCUT2D eigenvalue weighted by atomic mass is 9.90. The largest absolute Gasteiger partial charge is 0.348 e. The maximum atomic E-state index is 14.0. The number of nitrogens with one attached hydrogen (secondary N) is 1. The standard InChI is InChI=1S/C27H25F2N5O2/c1-17-31-16-22(27(36)32-15-19-5-2-4-18(12-19)14-30)26(33-17)20-8-10-34(11-9-20)25(35)13-21-23(28)6-3-7-24(21)29/h2-7,12,16,20H,8-11,13,15H2,1H3,(H,32,36). The van der Waals surface area contributed by atoms with Gasteiger partial charge in [0.25, 0.3) is 5.91 Å². The van der Waals surface area contributed by atoms with Crippen molar-refractivity contribution in [2.45, 2.75) is 38.6 Å². The Balaban J connectivity index is 1.41. The minimum Gasteiger partial charge on any atom is -0.348 e. The summed E-state index contributed by atoms with van der Waals surface area (Å²) in [5, 5.41) is 11.9. The summed E-state index contributed by atoms with van der Waals surface area (Å²) < 4.78 is 27.9. The van der Waals surface area contributed by atoms with Crippen LogP contribution in [0.15, 0.2) is 48.7 Å². The first kappa shape index (κ1) is 24.9. The van der Waals surface area contributed by atoms with Crippen LogP contribution in [0.3, 0.4) is 0 Å². The quantitative estimate of drug-likeness (QED) is 0.568. The predicted octanol–water partition coefficient (Wildman–Crippen LogP) is 3.81. The summed E-state index contributed by atoms with van der Waals surface area (Å²) in [4.78, 5) is 36.0. The van der Waals surface area contributed by atoms with Crippen molar-refractivity contribution in [3.63, 3.8) is 0 Å². The second kappa shape index (κ2) is 11.0. The topological polar surface area (TPSA) is 99.0 Å². The molecule has 0 aliphatic carbocycles. The van der Waals surface area contributed by atoms with Gasteiger partial charge < -0.3 is 10.2 Å². The third kappa shape index (κ3) is 5.71. The summed E-state index contributed by atoms with van der Waals surface area (Å²) in [6.45, 7) is 2.79. The first-order chi connectivity index (χ1) is 17.4. The van der Waals surface area contributed by atoms with E-state index < -0.39 is 11.6 Å². The van der Waals surface area contributed by atoms with Crippen LogP contribution >= 0.6 is 0 Å². The molecule has 2 aromatic carbocycles. The average Bonchev–Trinajstić information content (AvgIpc) is 2.89. The Bertz CT molecular complexity index is 1310. The molecule has 1 N–H and O–H groups in total. The Morgan fingerprint density at radius 3 is 2.53 bits per heavy atom. The molecule has 36 heavy (non-hydrogen) atoms. The summed E-state index contributed by atoms with van der Waals surface area (Å²) in [7, 11) is 0. The lowest BCUT2D eigenvalue weighted by molar-refractivity contribution is -0.131. The molecule has 184 valence electrons. The van der Waals surface area contributed by atoms with Gasteiger partial charge in [0.15, 0.2) is 0 Å². The number of aromatic nitrogens is 2. The molecule has 1 aliphatic heterocycles. The fourth-order valence-electron chi connectivity index (χ4n) is 4.37. The van der Waals surface area contributed by atoms with Gasteiger partial charge in [0.2, 0.25) is 5.91 Å². The molecule has 3 aromatic rings. The van der Waals surface area contributed by atoms with E-state index in [-0.39, 0.29) is 36.3 Å². The molecular weight excluding hydrogens is 464 g/mol. The molecule has 7 nitrogen and oxygen atoms in total. The Kier molecular flexibility index (Phi) is 7.64. The van der Waals surface area contributed by atoms with E-state index >= 15 is 0 Å². The van der Waals surface area contributed by atoms with Gasteiger partial charge in [-0.3, -0.25) is 9.59 Å². The Hall–Kier alpha value is -4.19. The lowest BCUT2D eigenvalue weighted by Crippen LogP contribution is -2.39. The van der Waals surface area contributed by atoms with E-state index in [1.807, 2.05) is 6.07 Å². The number of hydrogen-bond acceptors (Lipinski definition) is 5. The van der Waals surface area contributed by atoms with Crippen molar-refractivity contribution in [1.29, 1.82) is 5.26 Å². The van der Waals surface area contributed by atoms with Gasteiger partial charge in [-0.05, 0) is 49.6 Å². The van der Waals surface area contributed by atoms with Crippen molar-refractivity contribution in [2.75, 3.05) is 13.1 Å². The number of aryl methyl sites for hydroxylation is 1. The molecule has 0 saturated carbocycles. The Labute approximate surface area is 207 Å². The number of nitriles is 1. The predicted molar refractivity (Wildman–Crippen MR) is 128 cm³/mol. The van der Waals surface area contributed by atoms with Crippen LogP contribution in [0, 0.1) is 29.9 Å². The fraction of sp³-hybridized carbons (Fsp3) is 0.296.